The van der Waals surface area contributed by atoms with Crippen molar-refractivity contribution in [1.82, 2.24) is 9.55 Å². The van der Waals surface area contributed by atoms with Gasteiger partial charge in [-0.2, -0.15) is 4.40 Å². The van der Waals surface area contributed by atoms with Crippen molar-refractivity contribution in [3.05, 3.63) is 65.4 Å². The van der Waals surface area contributed by atoms with Gasteiger partial charge in [0.2, 0.25) is 0 Å². The predicted octanol–water partition coefficient (Wildman–Crippen LogP) is 6.32. The molecule has 0 spiro atoms. The molecule has 0 bridgehead atoms. The summed E-state index contributed by atoms with van der Waals surface area (Å²) in [4.78, 5) is 4.88. The molecule has 0 fully saturated rings. The second-order valence-electron chi connectivity index (χ2n) is 9.90. The molecule has 3 nitrogen and oxygen atoms in total. The third-order valence-electron chi connectivity index (χ3n) is 6.42. The number of imidazole rings is 1. The lowest BCUT2D eigenvalue weighted by molar-refractivity contribution is -0.449. The van der Waals surface area contributed by atoms with E-state index in [0.717, 1.165) is 18.4 Å². The van der Waals surface area contributed by atoms with Crippen LogP contribution in [0.25, 0.3) is 38.5 Å². The summed E-state index contributed by atoms with van der Waals surface area (Å²) in [6.45, 7) is 11.4. The minimum absolute atomic E-state index is 0.593. The van der Waals surface area contributed by atoms with E-state index in [4.69, 9.17) is 4.98 Å². The van der Waals surface area contributed by atoms with Crippen LogP contribution in [-0.4, -0.2) is 9.55 Å². The molecule has 3 heterocycles. The minimum atomic E-state index is 0.593. The zero-order valence-electron chi connectivity index (χ0n) is 19.5. The van der Waals surface area contributed by atoms with Crippen molar-refractivity contribution in [3.63, 3.8) is 0 Å². The monoisotopic (exact) mass is 410 g/mol. The van der Waals surface area contributed by atoms with Gasteiger partial charge in [0, 0.05) is 17.1 Å². The first-order chi connectivity index (χ1) is 14.9. The van der Waals surface area contributed by atoms with Crippen LogP contribution in [0.15, 0.2) is 48.7 Å². The van der Waals surface area contributed by atoms with Crippen LogP contribution in [0.1, 0.15) is 44.4 Å². The van der Waals surface area contributed by atoms with Gasteiger partial charge in [0.15, 0.2) is 11.0 Å². The molecule has 0 aliphatic heterocycles. The van der Waals surface area contributed by atoms with E-state index in [-0.39, 0.29) is 0 Å². The van der Waals surface area contributed by atoms with Crippen LogP contribution >= 0.6 is 0 Å². The summed E-state index contributed by atoms with van der Waals surface area (Å²) < 4.78 is 4.88. The Morgan fingerprint density at radius 1 is 0.968 bits per heavy atom. The van der Waals surface area contributed by atoms with E-state index in [0.29, 0.717) is 11.8 Å². The molecule has 0 N–H and O–H groups in total. The molecule has 0 aliphatic carbocycles. The van der Waals surface area contributed by atoms with Crippen molar-refractivity contribution in [2.45, 2.75) is 47.5 Å². The molecule has 0 radical (unpaired) electrons. The highest BCUT2D eigenvalue weighted by atomic mass is 15.1. The second-order valence-corrected chi connectivity index (χ2v) is 9.90. The Morgan fingerprint density at radius 2 is 1.74 bits per heavy atom. The molecule has 0 amide bonds. The summed E-state index contributed by atoms with van der Waals surface area (Å²) in [7, 11) is 2.21. The number of hydrogen-bond donors (Lipinski definition) is 0. The minimum Gasteiger partial charge on any atom is -0.255 e. The van der Waals surface area contributed by atoms with Gasteiger partial charge in [-0.1, -0.05) is 45.9 Å². The number of hydrogen-bond acceptors (Lipinski definition) is 1. The molecule has 5 aromatic rings. The fraction of sp³-hybridized carbons (Fsp3) is 0.357. The van der Waals surface area contributed by atoms with Crippen molar-refractivity contribution >= 4 is 38.5 Å². The highest BCUT2D eigenvalue weighted by Crippen LogP contribution is 2.32. The summed E-state index contributed by atoms with van der Waals surface area (Å²) in [5.41, 5.74) is 10.3. The topological polar surface area (TPSA) is 21.9 Å². The van der Waals surface area contributed by atoms with Crippen molar-refractivity contribution < 1.29 is 4.40 Å². The number of aromatic nitrogens is 3. The molecule has 2 aromatic carbocycles. The first-order valence-electron chi connectivity index (χ1n) is 11.5. The van der Waals surface area contributed by atoms with Gasteiger partial charge in [-0.15, -0.1) is 0 Å². The maximum atomic E-state index is 4.88. The summed E-state index contributed by atoms with van der Waals surface area (Å²) in [5.74, 6) is 1.24. The number of benzene rings is 2. The van der Waals surface area contributed by atoms with Crippen molar-refractivity contribution in [2.24, 2.45) is 18.9 Å². The number of fused-ring (bicyclic) bond motifs is 8. The molecular formula is C28H32N3+. The first-order valence-corrected chi connectivity index (χ1v) is 11.5. The maximum absolute atomic E-state index is 4.88. The lowest BCUT2D eigenvalue weighted by atomic mass is 9.98. The van der Waals surface area contributed by atoms with E-state index in [9.17, 15) is 0 Å². The zero-order chi connectivity index (χ0) is 21.9. The number of pyridine rings is 2. The Kier molecular flexibility index (Phi) is 4.73. The van der Waals surface area contributed by atoms with E-state index in [1.165, 1.54) is 49.7 Å². The molecule has 3 heteroatoms. The highest BCUT2D eigenvalue weighted by molar-refractivity contribution is 6.09. The zero-order valence-corrected chi connectivity index (χ0v) is 19.5. The van der Waals surface area contributed by atoms with E-state index in [1.54, 1.807) is 0 Å². The van der Waals surface area contributed by atoms with Gasteiger partial charge in [-0.25, -0.2) is 4.57 Å². The van der Waals surface area contributed by atoms with Crippen molar-refractivity contribution in [3.8, 4) is 0 Å². The summed E-state index contributed by atoms with van der Waals surface area (Å²) >= 11 is 0. The van der Waals surface area contributed by atoms with Gasteiger partial charge in [0.05, 0.1) is 18.0 Å². The Hall–Kier alpha value is -2.94. The molecule has 5 rings (SSSR count). The molecule has 0 atom stereocenters. The first kappa shape index (κ1) is 20.0. The third-order valence-corrected chi connectivity index (χ3v) is 6.42. The van der Waals surface area contributed by atoms with Crippen LogP contribution in [-0.2, 0) is 19.9 Å². The molecule has 31 heavy (non-hydrogen) atoms. The van der Waals surface area contributed by atoms with Crippen LogP contribution in [0.4, 0.5) is 0 Å². The van der Waals surface area contributed by atoms with E-state index in [2.05, 4.69) is 93.1 Å². The van der Waals surface area contributed by atoms with Gasteiger partial charge in [-0.05, 0) is 67.0 Å². The average molecular weight is 411 g/mol. The second kappa shape index (κ2) is 7.33. The predicted molar refractivity (Wildman–Crippen MR) is 131 cm³/mol. The standard InChI is InChI=1S/C28H32N3/c1-17(2)14-20-10-11-23-24(16-20)30(6)28-25-19(5)12-13-29-26(25)22-9-7-8-21(15-18(3)4)27(22)31(23)28/h7-13,16-18H,14-15H2,1-6H3/q+1. The maximum Gasteiger partial charge on any atom is 0.297 e. The van der Waals surface area contributed by atoms with Crippen LogP contribution < -0.4 is 4.40 Å². The quantitative estimate of drug-likeness (QED) is 0.251. The van der Waals surface area contributed by atoms with Gasteiger partial charge >= 0.3 is 0 Å². The fourth-order valence-corrected chi connectivity index (χ4v) is 5.20. The Morgan fingerprint density at radius 3 is 2.48 bits per heavy atom. The fourth-order valence-electron chi connectivity index (χ4n) is 5.20. The normalized spacial score (nSPS) is 12.4. The Bertz CT molecular complexity index is 1450. The van der Waals surface area contributed by atoms with Crippen LogP contribution in [0, 0.1) is 18.8 Å². The number of aryl methyl sites for hydroxylation is 2. The average Bonchev–Trinajstić information content (AvgIpc) is 3.00. The number of nitrogens with zero attached hydrogens (tertiary/aromatic N) is 3. The molecule has 0 saturated carbocycles. The third kappa shape index (κ3) is 3.10. The smallest absolute Gasteiger partial charge is 0.255 e. The molecular weight excluding hydrogens is 378 g/mol. The van der Waals surface area contributed by atoms with E-state index in [1.807, 2.05) is 6.20 Å². The Balaban J connectivity index is 2.04. The molecule has 0 aliphatic rings. The van der Waals surface area contributed by atoms with E-state index < -0.39 is 0 Å². The molecule has 0 saturated heterocycles. The SMILES string of the molecule is Cc1ccnc2c3cccc(CC(C)C)c3[n+]3c4ccc(CC(C)C)cc4n(C)c3c12. The summed E-state index contributed by atoms with van der Waals surface area (Å²) in [6.07, 6.45) is 4.10. The summed E-state index contributed by atoms with van der Waals surface area (Å²) in [5, 5.41) is 2.49. The largest absolute Gasteiger partial charge is 0.297 e. The molecule has 3 aromatic heterocycles. The van der Waals surface area contributed by atoms with E-state index >= 15 is 0 Å². The van der Waals surface area contributed by atoms with Crippen LogP contribution in [0.5, 0.6) is 0 Å². The van der Waals surface area contributed by atoms with Gasteiger partial charge in [0.25, 0.3) is 5.65 Å². The van der Waals surface area contributed by atoms with Crippen molar-refractivity contribution in [1.29, 1.82) is 0 Å². The van der Waals surface area contributed by atoms with Gasteiger partial charge in [0.1, 0.15) is 5.52 Å². The number of para-hydroxylation sites is 1. The van der Waals surface area contributed by atoms with Crippen molar-refractivity contribution in [2.75, 3.05) is 0 Å². The summed E-state index contributed by atoms with van der Waals surface area (Å²) in [6, 6.07) is 15.9. The van der Waals surface area contributed by atoms with Gasteiger partial charge in [-0.3, -0.25) is 4.98 Å². The lowest BCUT2D eigenvalue weighted by Crippen LogP contribution is -2.25. The lowest BCUT2D eigenvalue weighted by Gasteiger charge is -2.11. The number of rotatable bonds is 4. The van der Waals surface area contributed by atoms with Crippen LogP contribution in [0.2, 0.25) is 0 Å². The van der Waals surface area contributed by atoms with Gasteiger partial charge < -0.3 is 0 Å². The molecule has 158 valence electrons. The molecule has 0 unspecified atom stereocenters. The van der Waals surface area contributed by atoms with Crippen LogP contribution in [0.3, 0.4) is 0 Å². The Labute approximate surface area is 184 Å². The highest BCUT2D eigenvalue weighted by Gasteiger charge is 2.26.